The van der Waals surface area contributed by atoms with Crippen molar-refractivity contribution in [1.82, 2.24) is 14.8 Å². The number of rotatable bonds is 6. The number of anilines is 1. The molecule has 0 unspecified atom stereocenters. The topological polar surface area (TPSA) is 95.3 Å². The van der Waals surface area contributed by atoms with Gasteiger partial charge in [0.1, 0.15) is 5.75 Å². The van der Waals surface area contributed by atoms with E-state index in [9.17, 15) is 4.79 Å². The average Bonchev–Trinajstić information content (AvgIpc) is 3.47. The summed E-state index contributed by atoms with van der Waals surface area (Å²) in [6.07, 6.45) is 2.96. The number of nitrogens with zero attached hydrogens (tertiary/aromatic N) is 3. The third-order valence-electron chi connectivity index (χ3n) is 3.88. The lowest BCUT2D eigenvalue weighted by atomic mass is 10.2. The second-order valence-electron chi connectivity index (χ2n) is 5.63. The number of aromatic nitrogens is 3. The van der Waals surface area contributed by atoms with E-state index in [4.69, 9.17) is 13.6 Å². The number of ether oxygens (including phenoxy) is 1. The summed E-state index contributed by atoms with van der Waals surface area (Å²) >= 11 is 0. The summed E-state index contributed by atoms with van der Waals surface area (Å²) < 4.78 is 16.8. The largest absolute Gasteiger partial charge is 0.497 e. The van der Waals surface area contributed by atoms with Crippen molar-refractivity contribution < 1.29 is 18.4 Å². The highest BCUT2D eigenvalue weighted by atomic mass is 16.5. The molecule has 4 rings (SSSR count). The van der Waals surface area contributed by atoms with Crippen LogP contribution < -0.4 is 10.1 Å². The Morgan fingerprint density at radius 1 is 1.11 bits per heavy atom. The predicted octanol–water partition coefficient (Wildman–Crippen LogP) is 3.44. The van der Waals surface area contributed by atoms with Crippen LogP contribution >= 0.6 is 0 Å². The van der Waals surface area contributed by atoms with Crippen molar-refractivity contribution in [2.45, 2.75) is 6.54 Å². The van der Waals surface area contributed by atoms with Crippen molar-refractivity contribution >= 4 is 11.9 Å². The van der Waals surface area contributed by atoms with E-state index in [0.29, 0.717) is 24.1 Å². The monoisotopic (exact) mass is 364 g/mol. The maximum Gasteiger partial charge on any atom is 0.317 e. The van der Waals surface area contributed by atoms with Crippen LogP contribution in [-0.4, -0.2) is 27.8 Å². The summed E-state index contributed by atoms with van der Waals surface area (Å²) in [5.74, 6) is 1.57. The van der Waals surface area contributed by atoms with Gasteiger partial charge in [0.2, 0.25) is 11.8 Å². The summed E-state index contributed by atoms with van der Waals surface area (Å²) in [4.78, 5) is 17.1. The number of carbonyl (C=O) groups excluding carboxylic acids is 1. The molecule has 1 N–H and O–H groups in total. The number of furan rings is 2. The molecule has 8 heteroatoms. The molecule has 0 aliphatic heterocycles. The molecule has 3 aromatic heterocycles. The zero-order valence-corrected chi connectivity index (χ0v) is 14.5. The van der Waals surface area contributed by atoms with Gasteiger partial charge in [-0.3, -0.25) is 4.79 Å². The van der Waals surface area contributed by atoms with Gasteiger partial charge >= 0.3 is 5.91 Å². The number of methoxy groups -OCH3 is 1. The third kappa shape index (κ3) is 3.45. The number of hydrogen-bond acceptors (Lipinski definition) is 7. The SMILES string of the molecule is COc1ccc(CNc2nc(-c3ccco3)nn2C(=O)c2ccco2)cc1. The first-order valence-corrected chi connectivity index (χ1v) is 8.20. The maximum absolute atomic E-state index is 12.7. The maximum atomic E-state index is 12.7. The molecule has 8 nitrogen and oxygen atoms in total. The molecule has 0 saturated heterocycles. The third-order valence-corrected chi connectivity index (χ3v) is 3.88. The molecule has 0 aliphatic carbocycles. The summed E-state index contributed by atoms with van der Waals surface area (Å²) in [6, 6.07) is 14.3. The Balaban J connectivity index is 1.62. The second-order valence-corrected chi connectivity index (χ2v) is 5.63. The zero-order valence-electron chi connectivity index (χ0n) is 14.5. The van der Waals surface area contributed by atoms with Crippen LogP contribution in [0.1, 0.15) is 16.1 Å². The van der Waals surface area contributed by atoms with Crippen LogP contribution in [-0.2, 0) is 6.54 Å². The number of nitrogens with one attached hydrogen (secondary N) is 1. The average molecular weight is 364 g/mol. The van der Waals surface area contributed by atoms with Gasteiger partial charge in [0.25, 0.3) is 0 Å². The molecule has 4 aromatic rings. The van der Waals surface area contributed by atoms with E-state index in [1.807, 2.05) is 24.3 Å². The highest BCUT2D eigenvalue weighted by molar-refractivity contribution is 5.94. The molecular weight excluding hydrogens is 348 g/mol. The molecule has 0 aliphatic rings. The van der Waals surface area contributed by atoms with Crippen molar-refractivity contribution in [3.63, 3.8) is 0 Å². The minimum Gasteiger partial charge on any atom is -0.497 e. The lowest BCUT2D eigenvalue weighted by Gasteiger charge is -2.07. The molecule has 0 amide bonds. The van der Waals surface area contributed by atoms with Gasteiger partial charge in [0, 0.05) is 6.54 Å². The van der Waals surface area contributed by atoms with Gasteiger partial charge in [0.05, 0.1) is 19.6 Å². The van der Waals surface area contributed by atoms with Gasteiger partial charge in [-0.2, -0.15) is 9.67 Å². The summed E-state index contributed by atoms with van der Waals surface area (Å²) in [6.45, 7) is 0.450. The molecule has 0 radical (unpaired) electrons. The van der Waals surface area contributed by atoms with Gasteiger partial charge in [0.15, 0.2) is 11.5 Å². The standard InChI is InChI=1S/C19H16N4O4/c1-25-14-8-6-13(7-9-14)12-20-19-21-17(15-4-2-10-26-15)22-23(19)18(24)16-5-3-11-27-16/h2-11H,12H2,1H3,(H,20,21,22). The van der Waals surface area contributed by atoms with E-state index in [-0.39, 0.29) is 5.76 Å². The van der Waals surface area contributed by atoms with Crippen LogP contribution in [0.4, 0.5) is 5.95 Å². The fourth-order valence-corrected chi connectivity index (χ4v) is 2.51. The van der Waals surface area contributed by atoms with Crippen LogP contribution in [0.5, 0.6) is 5.75 Å². The summed E-state index contributed by atoms with van der Waals surface area (Å²) in [5.41, 5.74) is 0.996. The van der Waals surface area contributed by atoms with Gasteiger partial charge in [-0.05, 0) is 42.0 Å². The Bertz CT molecular complexity index is 1020. The van der Waals surface area contributed by atoms with Crippen molar-refractivity contribution in [2.75, 3.05) is 12.4 Å². The first kappa shape index (κ1) is 16.6. The van der Waals surface area contributed by atoms with E-state index in [2.05, 4.69) is 15.4 Å². The lowest BCUT2D eigenvalue weighted by Crippen LogP contribution is -2.17. The molecule has 0 saturated carbocycles. The zero-order chi connectivity index (χ0) is 18.6. The predicted molar refractivity (Wildman–Crippen MR) is 96.5 cm³/mol. The van der Waals surface area contributed by atoms with Gasteiger partial charge in [-0.15, -0.1) is 5.10 Å². The van der Waals surface area contributed by atoms with E-state index in [1.54, 1.807) is 31.4 Å². The molecule has 3 heterocycles. The minimum atomic E-state index is -0.428. The smallest absolute Gasteiger partial charge is 0.317 e. The molecule has 1 aromatic carbocycles. The minimum absolute atomic E-state index is 0.165. The van der Waals surface area contributed by atoms with Crippen molar-refractivity contribution in [2.24, 2.45) is 0 Å². The molecule has 27 heavy (non-hydrogen) atoms. The summed E-state index contributed by atoms with van der Waals surface area (Å²) in [7, 11) is 1.62. The fourth-order valence-electron chi connectivity index (χ4n) is 2.51. The van der Waals surface area contributed by atoms with Crippen molar-refractivity contribution in [1.29, 1.82) is 0 Å². The normalized spacial score (nSPS) is 10.7. The molecule has 0 spiro atoms. The first-order valence-electron chi connectivity index (χ1n) is 8.20. The van der Waals surface area contributed by atoms with Crippen LogP contribution in [0.25, 0.3) is 11.6 Å². The summed E-state index contributed by atoms with van der Waals surface area (Å²) in [5, 5.41) is 7.40. The molecule has 0 bridgehead atoms. The fraction of sp³-hybridized carbons (Fsp3) is 0.105. The van der Waals surface area contributed by atoms with Crippen molar-refractivity contribution in [3.05, 3.63) is 72.4 Å². The Kier molecular flexibility index (Phi) is 4.44. The Morgan fingerprint density at radius 2 is 1.89 bits per heavy atom. The molecule has 0 fully saturated rings. The van der Waals surface area contributed by atoms with E-state index in [1.165, 1.54) is 17.2 Å². The number of benzene rings is 1. The van der Waals surface area contributed by atoms with E-state index in [0.717, 1.165) is 11.3 Å². The Morgan fingerprint density at radius 3 is 2.56 bits per heavy atom. The Labute approximate surface area is 154 Å². The highest BCUT2D eigenvalue weighted by Crippen LogP contribution is 2.20. The quantitative estimate of drug-likeness (QED) is 0.560. The van der Waals surface area contributed by atoms with E-state index < -0.39 is 5.91 Å². The van der Waals surface area contributed by atoms with Crippen molar-refractivity contribution in [3.8, 4) is 17.3 Å². The lowest BCUT2D eigenvalue weighted by molar-refractivity contribution is 0.0919. The Hall–Kier alpha value is -3.81. The highest BCUT2D eigenvalue weighted by Gasteiger charge is 2.21. The molecule has 0 atom stereocenters. The first-order chi connectivity index (χ1) is 13.2. The van der Waals surface area contributed by atoms with Gasteiger partial charge < -0.3 is 18.9 Å². The van der Waals surface area contributed by atoms with Crippen LogP contribution in [0.3, 0.4) is 0 Å². The van der Waals surface area contributed by atoms with Gasteiger partial charge in [-0.25, -0.2) is 0 Å². The second kappa shape index (κ2) is 7.20. The number of hydrogen-bond donors (Lipinski definition) is 1. The number of carbonyl (C=O) groups is 1. The van der Waals surface area contributed by atoms with Crippen LogP contribution in [0, 0.1) is 0 Å². The van der Waals surface area contributed by atoms with Gasteiger partial charge in [-0.1, -0.05) is 12.1 Å². The van der Waals surface area contributed by atoms with E-state index >= 15 is 0 Å². The molecular formula is C19H16N4O4. The van der Waals surface area contributed by atoms with Crippen LogP contribution in [0.2, 0.25) is 0 Å². The molecule has 136 valence electrons. The van der Waals surface area contributed by atoms with Crippen LogP contribution in [0.15, 0.2) is 69.9 Å².